The molecule has 150 valence electrons. The van der Waals surface area contributed by atoms with Gasteiger partial charge in [-0.3, -0.25) is 4.79 Å². The summed E-state index contributed by atoms with van der Waals surface area (Å²) in [6.07, 6.45) is 9.48. The number of amides is 1. The molecular weight excluding hydrogens is 350 g/mol. The summed E-state index contributed by atoms with van der Waals surface area (Å²) in [5, 5.41) is 8.74. The van der Waals surface area contributed by atoms with Crippen LogP contribution in [0.3, 0.4) is 0 Å². The highest BCUT2D eigenvalue weighted by atomic mass is 16.5. The highest BCUT2D eigenvalue weighted by molar-refractivity contribution is 5.82. The van der Waals surface area contributed by atoms with Crippen molar-refractivity contribution in [2.75, 3.05) is 19.6 Å². The third-order valence-corrected chi connectivity index (χ3v) is 7.40. The van der Waals surface area contributed by atoms with Gasteiger partial charge >= 0.3 is 0 Å². The molecule has 5 heteroatoms. The first kappa shape index (κ1) is 18.2. The number of carbonyl (C=O) groups excluding carboxylic acids is 1. The molecule has 3 fully saturated rings. The fourth-order valence-electron chi connectivity index (χ4n) is 5.74. The lowest BCUT2D eigenvalue weighted by Gasteiger charge is -2.33. The lowest BCUT2D eigenvalue weighted by molar-refractivity contribution is -0.123. The first-order valence-electron chi connectivity index (χ1n) is 11.1. The molecule has 1 N–H and O–H groups in total. The number of carbonyl (C=O) groups is 1. The summed E-state index contributed by atoms with van der Waals surface area (Å²) >= 11 is 0. The predicted octanol–water partition coefficient (Wildman–Crippen LogP) is 3.78. The van der Waals surface area contributed by atoms with Crippen LogP contribution in [-0.2, 0) is 11.2 Å². The van der Waals surface area contributed by atoms with Gasteiger partial charge in [0.1, 0.15) is 0 Å². The average molecular weight is 382 g/mol. The summed E-state index contributed by atoms with van der Waals surface area (Å²) in [5.74, 6) is 1.86. The van der Waals surface area contributed by atoms with E-state index in [0.717, 1.165) is 43.8 Å². The summed E-state index contributed by atoms with van der Waals surface area (Å²) in [6, 6.07) is 8.62. The van der Waals surface area contributed by atoms with Gasteiger partial charge in [0.05, 0.1) is 5.69 Å². The van der Waals surface area contributed by atoms with E-state index in [1.807, 2.05) is 12.1 Å². The van der Waals surface area contributed by atoms with Crippen LogP contribution >= 0.6 is 0 Å². The Labute approximate surface area is 166 Å². The van der Waals surface area contributed by atoms with Crippen molar-refractivity contribution in [2.24, 2.45) is 17.8 Å². The van der Waals surface area contributed by atoms with Crippen molar-refractivity contribution < 1.29 is 9.32 Å². The molecule has 2 aliphatic heterocycles. The van der Waals surface area contributed by atoms with E-state index >= 15 is 0 Å². The van der Waals surface area contributed by atoms with E-state index < -0.39 is 0 Å². The largest absolute Gasteiger partial charge is 0.356 e. The van der Waals surface area contributed by atoms with Crippen LogP contribution in [0.5, 0.6) is 0 Å². The van der Waals surface area contributed by atoms with Crippen molar-refractivity contribution in [1.82, 2.24) is 15.4 Å². The molecular formula is C23H31N3O2. The minimum atomic E-state index is 0.254. The molecule has 1 amide bonds. The van der Waals surface area contributed by atoms with Crippen LogP contribution in [0.25, 0.3) is 11.0 Å². The summed E-state index contributed by atoms with van der Waals surface area (Å²) < 4.78 is 5.46. The molecule has 1 aliphatic carbocycles. The SMILES string of the molecule is O=C1NC2CCCCC2C1CCN1CCC(Cc2noc3ccccc23)CC1. The number of aromatic nitrogens is 1. The predicted molar refractivity (Wildman–Crippen MR) is 109 cm³/mol. The lowest BCUT2D eigenvalue weighted by Crippen LogP contribution is -2.36. The fraction of sp³-hybridized carbons (Fsp3) is 0.652. The van der Waals surface area contributed by atoms with Crippen molar-refractivity contribution in [3.63, 3.8) is 0 Å². The lowest BCUT2D eigenvalue weighted by atomic mass is 9.78. The van der Waals surface area contributed by atoms with Gasteiger partial charge in [-0.1, -0.05) is 30.1 Å². The molecule has 3 unspecified atom stereocenters. The third-order valence-electron chi connectivity index (χ3n) is 7.40. The minimum absolute atomic E-state index is 0.254. The number of nitrogens with one attached hydrogen (secondary N) is 1. The summed E-state index contributed by atoms with van der Waals surface area (Å²) in [4.78, 5) is 15.0. The number of likely N-dealkylation sites (tertiary alicyclic amines) is 1. The van der Waals surface area contributed by atoms with E-state index in [9.17, 15) is 4.79 Å². The zero-order chi connectivity index (χ0) is 18.9. The highest BCUT2D eigenvalue weighted by Crippen LogP contribution is 2.37. The van der Waals surface area contributed by atoms with Crippen LogP contribution in [0.2, 0.25) is 0 Å². The molecule has 1 saturated carbocycles. The number of rotatable bonds is 5. The Balaban J connectivity index is 1.11. The molecule has 1 aromatic carbocycles. The standard InChI is InChI=1S/C23H31N3O2/c27-23-18(17-5-1-3-7-20(17)24-23)11-14-26-12-9-16(10-13-26)15-21-19-6-2-4-8-22(19)28-25-21/h2,4,6,8,16-18,20H,1,3,5,7,9-15H2,(H,24,27). The molecule has 2 aromatic rings. The smallest absolute Gasteiger partial charge is 0.223 e. The maximum atomic E-state index is 12.4. The summed E-state index contributed by atoms with van der Waals surface area (Å²) in [7, 11) is 0. The normalized spacial score (nSPS) is 29.1. The molecule has 2 saturated heterocycles. The molecule has 28 heavy (non-hydrogen) atoms. The fourth-order valence-corrected chi connectivity index (χ4v) is 5.74. The van der Waals surface area contributed by atoms with Gasteiger partial charge in [-0.15, -0.1) is 0 Å². The van der Waals surface area contributed by atoms with E-state index in [0.29, 0.717) is 23.8 Å². The van der Waals surface area contributed by atoms with E-state index in [2.05, 4.69) is 27.5 Å². The second kappa shape index (κ2) is 7.86. The number of nitrogens with zero attached hydrogens (tertiary/aromatic N) is 2. The van der Waals surface area contributed by atoms with E-state index in [-0.39, 0.29) is 5.92 Å². The van der Waals surface area contributed by atoms with Crippen LogP contribution in [-0.4, -0.2) is 41.6 Å². The van der Waals surface area contributed by atoms with Crippen molar-refractivity contribution in [3.8, 4) is 0 Å². The zero-order valence-electron chi connectivity index (χ0n) is 16.6. The summed E-state index contributed by atoms with van der Waals surface area (Å²) in [5.41, 5.74) is 2.01. The monoisotopic (exact) mass is 381 g/mol. The highest BCUT2D eigenvalue weighted by Gasteiger charge is 2.42. The second-order valence-corrected chi connectivity index (χ2v) is 9.07. The Morgan fingerprint density at radius 2 is 1.93 bits per heavy atom. The van der Waals surface area contributed by atoms with Gasteiger partial charge in [0.15, 0.2) is 5.58 Å². The maximum absolute atomic E-state index is 12.4. The molecule has 1 aromatic heterocycles. The summed E-state index contributed by atoms with van der Waals surface area (Å²) in [6.45, 7) is 3.35. The minimum Gasteiger partial charge on any atom is -0.356 e. The molecule has 0 spiro atoms. The van der Waals surface area contributed by atoms with Gasteiger partial charge in [0.2, 0.25) is 5.91 Å². The Morgan fingerprint density at radius 3 is 2.82 bits per heavy atom. The van der Waals surface area contributed by atoms with Crippen LogP contribution < -0.4 is 5.32 Å². The van der Waals surface area contributed by atoms with Gasteiger partial charge < -0.3 is 14.7 Å². The second-order valence-electron chi connectivity index (χ2n) is 9.07. The molecule has 3 aliphatic rings. The van der Waals surface area contributed by atoms with Crippen molar-refractivity contribution in [1.29, 1.82) is 0 Å². The number of fused-ring (bicyclic) bond motifs is 2. The molecule has 5 rings (SSSR count). The van der Waals surface area contributed by atoms with Gasteiger partial charge in [0, 0.05) is 17.3 Å². The topological polar surface area (TPSA) is 58.4 Å². The van der Waals surface area contributed by atoms with E-state index in [4.69, 9.17) is 4.52 Å². The first-order valence-corrected chi connectivity index (χ1v) is 11.1. The molecule has 5 nitrogen and oxygen atoms in total. The number of hydrogen-bond donors (Lipinski definition) is 1. The molecule has 0 bridgehead atoms. The number of piperidine rings is 1. The number of para-hydroxylation sites is 1. The Kier molecular flexibility index (Phi) is 5.10. The average Bonchev–Trinajstić information content (AvgIpc) is 3.28. The third kappa shape index (κ3) is 3.57. The van der Waals surface area contributed by atoms with Crippen molar-refractivity contribution in [2.45, 2.75) is 57.4 Å². The maximum Gasteiger partial charge on any atom is 0.223 e. The van der Waals surface area contributed by atoms with Gasteiger partial charge in [-0.25, -0.2) is 0 Å². The van der Waals surface area contributed by atoms with Gasteiger partial charge in [-0.2, -0.15) is 0 Å². The van der Waals surface area contributed by atoms with Crippen LogP contribution in [0.15, 0.2) is 28.8 Å². The van der Waals surface area contributed by atoms with Crippen LogP contribution in [0.4, 0.5) is 0 Å². The number of hydrogen-bond acceptors (Lipinski definition) is 4. The Morgan fingerprint density at radius 1 is 1.11 bits per heavy atom. The van der Waals surface area contributed by atoms with Crippen molar-refractivity contribution in [3.05, 3.63) is 30.0 Å². The Hall–Kier alpha value is -1.88. The van der Waals surface area contributed by atoms with Crippen LogP contribution in [0.1, 0.15) is 50.6 Å². The van der Waals surface area contributed by atoms with Gasteiger partial charge in [-0.05, 0) is 82.1 Å². The molecule has 3 atom stereocenters. The Bertz CT molecular complexity index is 824. The van der Waals surface area contributed by atoms with Crippen molar-refractivity contribution >= 4 is 16.9 Å². The quantitative estimate of drug-likeness (QED) is 0.856. The van der Waals surface area contributed by atoms with Crippen LogP contribution in [0, 0.1) is 17.8 Å². The number of benzene rings is 1. The molecule has 0 radical (unpaired) electrons. The molecule has 3 heterocycles. The zero-order valence-corrected chi connectivity index (χ0v) is 16.6. The first-order chi connectivity index (χ1) is 13.8. The van der Waals surface area contributed by atoms with E-state index in [1.165, 1.54) is 43.9 Å². The van der Waals surface area contributed by atoms with Gasteiger partial charge in [0.25, 0.3) is 0 Å². The van der Waals surface area contributed by atoms with E-state index in [1.54, 1.807) is 0 Å².